The Morgan fingerprint density at radius 3 is 2.80 bits per heavy atom. The molecule has 1 saturated heterocycles. The van der Waals surface area contributed by atoms with Crippen molar-refractivity contribution in [3.8, 4) is 0 Å². The lowest BCUT2D eigenvalue weighted by atomic mass is 10.1. The van der Waals surface area contributed by atoms with Crippen molar-refractivity contribution in [2.75, 3.05) is 53.5 Å². The Hall–Kier alpha value is -0.950. The minimum absolute atomic E-state index is 0.0526. The van der Waals surface area contributed by atoms with Crippen molar-refractivity contribution in [1.82, 2.24) is 15.1 Å². The standard InChI is InChI=1S/C14H23N3O2S/c1-16-5-7-17(8-6-16)12(13-4-3-9-20-13)10-15-14(18)11-19-2/h3-4,9,12H,5-8,10-11H2,1-2H3,(H,15,18)/t12-/m1/s1. The van der Waals surface area contributed by atoms with Crippen LogP contribution in [0.25, 0.3) is 0 Å². The minimum Gasteiger partial charge on any atom is -0.375 e. The molecule has 1 aliphatic heterocycles. The van der Waals surface area contributed by atoms with Gasteiger partial charge in [-0.3, -0.25) is 9.69 Å². The van der Waals surface area contributed by atoms with Crippen LogP contribution in [-0.2, 0) is 9.53 Å². The number of nitrogens with zero attached hydrogens (tertiary/aromatic N) is 2. The van der Waals surface area contributed by atoms with E-state index in [0.717, 1.165) is 26.2 Å². The van der Waals surface area contributed by atoms with Gasteiger partial charge in [-0.05, 0) is 18.5 Å². The number of hydrogen-bond donors (Lipinski definition) is 1. The average Bonchev–Trinajstić information content (AvgIpc) is 2.95. The van der Waals surface area contributed by atoms with Gasteiger partial charge in [-0.1, -0.05) is 6.07 Å². The second-order valence-corrected chi connectivity index (χ2v) is 6.09. The fraction of sp³-hybridized carbons (Fsp3) is 0.643. The van der Waals surface area contributed by atoms with Crippen LogP contribution in [0.4, 0.5) is 0 Å². The van der Waals surface area contributed by atoms with Crippen LogP contribution in [0.3, 0.4) is 0 Å². The number of carbonyl (C=O) groups excluding carboxylic acids is 1. The van der Waals surface area contributed by atoms with E-state index < -0.39 is 0 Å². The van der Waals surface area contributed by atoms with Crippen LogP contribution in [0.15, 0.2) is 17.5 Å². The molecule has 0 aromatic carbocycles. The summed E-state index contributed by atoms with van der Waals surface area (Å²) in [6.45, 7) is 5.01. The zero-order chi connectivity index (χ0) is 14.4. The summed E-state index contributed by atoms with van der Waals surface area (Å²) in [5.74, 6) is -0.0526. The maximum absolute atomic E-state index is 11.6. The number of ether oxygens (including phenoxy) is 1. The molecule has 20 heavy (non-hydrogen) atoms. The lowest BCUT2D eigenvalue weighted by Gasteiger charge is -2.37. The van der Waals surface area contributed by atoms with Gasteiger partial charge in [-0.2, -0.15) is 0 Å². The molecule has 6 heteroatoms. The third kappa shape index (κ3) is 4.28. The van der Waals surface area contributed by atoms with Crippen LogP contribution in [0.2, 0.25) is 0 Å². The van der Waals surface area contributed by atoms with Gasteiger partial charge < -0.3 is 15.0 Å². The van der Waals surface area contributed by atoms with E-state index in [1.54, 1.807) is 11.3 Å². The minimum atomic E-state index is -0.0526. The van der Waals surface area contributed by atoms with E-state index >= 15 is 0 Å². The molecule has 0 spiro atoms. The molecular weight excluding hydrogens is 274 g/mol. The van der Waals surface area contributed by atoms with Crippen LogP contribution in [0, 0.1) is 0 Å². The summed E-state index contributed by atoms with van der Waals surface area (Å²) in [6.07, 6.45) is 0. The summed E-state index contributed by atoms with van der Waals surface area (Å²) in [4.78, 5) is 17.7. The van der Waals surface area contributed by atoms with Crippen molar-refractivity contribution in [1.29, 1.82) is 0 Å². The highest BCUT2D eigenvalue weighted by molar-refractivity contribution is 7.10. The molecule has 0 unspecified atom stereocenters. The van der Waals surface area contributed by atoms with E-state index in [4.69, 9.17) is 4.74 Å². The van der Waals surface area contributed by atoms with Gasteiger partial charge in [0.2, 0.25) is 5.91 Å². The SMILES string of the molecule is COCC(=O)NC[C@H](c1cccs1)N1CCN(C)CC1. The maximum Gasteiger partial charge on any atom is 0.246 e. The van der Waals surface area contributed by atoms with Gasteiger partial charge in [0.25, 0.3) is 0 Å². The molecule has 1 aromatic heterocycles. The van der Waals surface area contributed by atoms with E-state index in [9.17, 15) is 4.79 Å². The van der Waals surface area contributed by atoms with Crippen molar-refractivity contribution in [3.63, 3.8) is 0 Å². The molecule has 1 aliphatic rings. The number of piperazine rings is 1. The van der Waals surface area contributed by atoms with Gasteiger partial charge in [0.1, 0.15) is 6.61 Å². The number of carbonyl (C=O) groups is 1. The molecule has 5 nitrogen and oxygen atoms in total. The van der Waals surface area contributed by atoms with Gasteiger partial charge in [0, 0.05) is 44.7 Å². The van der Waals surface area contributed by atoms with Gasteiger partial charge in [0.15, 0.2) is 0 Å². The summed E-state index contributed by atoms with van der Waals surface area (Å²) in [5, 5.41) is 5.06. The third-order valence-corrected chi connectivity index (χ3v) is 4.59. The van der Waals surface area contributed by atoms with Crippen molar-refractivity contribution in [2.24, 2.45) is 0 Å². The fourth-order valence-corrected chi connectivity index (χ4v) is 3.28. The molecule has 2 heterocycles. The Bertz CT molecular complexity index is 403. The number of likely N-dealkylation sites (N-methyl/N-ethyl adjacent to an activating group) is 1. The van der Waals surface area contributed by atoms with Crippen molar-refractivity contribution in [3.05, 3.63) is 22.4 Å². The first-order valence-corrected chi connectivity index (χ1v) is 7.80. The van der Waals surface area contributed by atoms with E-state index in [1.165, 1.54) is 12.0 Å². The smallest absolute Gasteiger partial charge is 0.246 e. The number of hydrogen-bond acceptors (Lipinski definition) is 5. The second kappa shape index (κ2) is 7.73. The van der Waals surface area contributed by atoms with Crippen molar-refractivity contribution < 1.29 is 9.53 Å². The molecule has 2 rings (SSSR count). The average molecular weight is 297 g/mol. The van der Waals surface area contributed by atoms with Gasteiger partial charge >= 0.3 is 0 Å². The van der Waals surface area contributed by atoms with E-state index in [-0.39, 0.29) is 18.6 Å². The summed E-state index contributed by atoms with van der Waals surface area (Å²) < 4.78 is 4.86. The maximum atomic E-state index is 11.6. The number of thiophene rings is 1. The first kappa shape index (κ1) is 15.4. The van der Waals surface area contributed by atoms with E-state index in [0.29, 0.717) is 6.54 Å². The number of nitrogens with one attached hydrogen (secondary N) is 1. The predicted molar refractivity (Wildman–Crippen MR) is 81.0 cm³/mol. The Morgan fingerprint density at radius 2 is 2.20 bits per heavy atom. The first-order valence-electron chi connectivity index (χ1n) is 6.92. The highest BCUT2D eigenvalue weighted by atomic mass is 32.1. The summed E-state index contributed by atoms with van der Waals surface area (Å²) in [7, 11) is 3.69. The molecule has 1 N–H and O–H groups in total. The molecule has 1 amide bonds. The van der Waals surface area contributed by atoms with Crippen LogP contribution < -0.4 is 5.32 Å². The molecule has 112 valence electrons. The topological polar surface area (TPSA) is 44.8 Å². The van der Waals surface area contributed by atoms with Gasteiger partial charge in [-0.25, -0.2) is 0 Å². The van der Waals surface area contributed by atoms with Crippen LogP contribution in [0.1, 0.15) is 10.9 Å². The Kier molecular flexibility index (Phi) is 5.97. The summed E-state index contributed by atoms with van der Waals surface area (Å²) in [6, 6.07) is 4.49. The number of methoxy groups -OCH3 is 1. The number of rotatable bonds is 6. The molecule has 0 aliphatic carbocycles. The predicted octanol–water partition coefficient (Wildman–Crippen LogP) is 0.799. The van der Waals surface area contributed by atoms with Crippen LogP contribution in [-0.4, -0.2) is 69.2 Å². The highest BCUT2D eigenvalue weighted by Crippen LogP contribution is 2.25. The van der Waals surface area contributed by atoms with Crippen molar-refractivity contribution >= 4 is 17.2 Å². The lowest BCUT2D eigenvalue weighted by molar-refractivity contribution is -0.125. The number of amides is 1. The molecule has 1 aromatic rings. The van der Waals surface area contributed by atoms with Gasteiger partial charge in [0.05, 0.1) is 6.04 Å². The molecule has 0 radical (unpaired) electrons. The monoisotopic (exact) mass is 297 g/mol. The quantitative estimate of drug-likeness (QED) is 0.843. The van der Waals surface area contributed by atoms with Crippen molar-refractivity contribution in [2.45, 2.75) is 6.04 Å². The second-order valence-electron chi connectivity index (χ2n) is 5.11. The Labute approximate surface area is 124 Å². The highest BCUT2D eigenvalue weighted by Gasteiger charge is 2.24. The Morgan fingerprint density at radius 1 is 1.45 bits per heavy atom. The molecule has 1 atom stereocenters. The molecule has 0 saturated carbocycles. The third-order valence-electron chi connectivity index (χ3n) is 3.62. The van der Waals surface area contributed by atoms with Gasteiger partial charge in [-0.15, -0.1) is 11.3 Å². The first-order chi connectivity index (χ1) is 9.70. The zero-order valence-electron chi connectivity index (χ0n) is 12.2. The van der Waals surface area contributed by atoms with E-state index in [2.05, 4.69) is 39.7 Å². The summed E-state index contributed by atoms with van der Waals surface area (Å²) >= 11 is 1.75. The fourth-order valence-electron chi connectivity index (χ4n) is 2.42. The Balaban J connectivity index is 1.96. The van der Waals surface area contributed by atoms with Crippen LogP contribution >= 0.6 is 11.3 Å². The summed E-state index contributed by atoms with van der Waals surface area (Å²) in [5.41, 5.74) is 0. The molecule has 0 bridgehead atoms. The zero-order valence-corrected chi connectivity index (χ0v) is 13.0. The van der Waals surface area contributed by atoms with Crippen LogP contribution in [0.5, 0.6) is 0 Å². The largest absolute Gasteiger partial charge is 0.375 e. The molecule has 1 fully saturated rings. The van der Waals surface area contributed by atoms with E-state index in [1.807, 2.05) is 0 Å². The lowest BCUT2D eigenvalue weighted by Crippen LogP contribution is -2.48. The normalized spacial score (nSPS) is 18.9. The molecular formula is C14H23N3O2S.